The summed E-state index contributed by atoms with van der Waals surface area (Å²) in [5.41, 5.74) is 0.828. The van der Waals surface area contributed by atoms with E-state index < -0.39 is 5.97 Å². The largest absolute Gasteiger partial charge is 0.464 e. The lowest BCUT2D eigenvalue weighted by Crippen LogP contribution is -2.04. The Morgan fingerprint density at radius 2 is 2.21 bits per heavy atom. The minimum absolute atomic E-state index is 0.277. The number of carbonyl (C=O) groups excluding carboxylic acids is 1. The summed E-state index contributed by atoms with van der Waals surface area (Å²) in [6.45, 7) is 0. The summed E-state index contributed by atoms with van der Waals surface area (Å²) in [7, 11) is 1.33. The molecule has 0 radical (unpaired) electrons. The minimum Gasteiger partial charge on any atom is -0.464 e. The zero-order valence-corrected chi connectivity index (χ0v) is 7.60. The molecule has 4 nitrogen and oxygen atoms in total. The van der Waals surface area contributed by atoms with E-state index in [4.69, 9.17) is 0 Å². The molecular formula is C10H8N2O2. The van der Waals surface area contributed by atoms with E-state index in [1.165, 1.54) is 7.11 Å². The zero-order valence-electron chi connectivity index (χ0n) is 7.60. The monoisotopic (exact) mass is 188 g/mol. The van der Waals surface area contributed by atoms with E-state index in [9.17, 15) is 4.79 Å². The molecule has 0 N–H and O–H groups in total. The van der Waals surface area contributed by atoms with Crippen molar-refractivity contribution in [2.75, 3.05) is 7.11 Å². The van der Waals surface area contributed by atoms with Gasteiger partial charge in [-0.15, -0.1) is 0 Å². The van der Waals surface area contributed by atoms with Gasteiger partial charge in [-0.2, -0.15) is 0 Å². The fraction of sp³-hybridized carbons (Fsp3) is 0.100. The van der Waals surface area contributed by atoms with Crippen molar-refractivity contribution < 1.29 is 9.53 Å². The van der Waals surface area contributed by atoms with E-state index in [1.807, 2.05) is 12.1 Å². The van der Waals surface area contributed by atoms with E-state index in [2.05, 4.69) is 14.7 Å². The predicted molar refractivity (Wildman–Crippen MR) is 50.9 cm³/mol. The van der Waals surface area contributed by atoms with Crippen LogP contribution in [-0.4, -0.2) is 23.0 Å². The standard InChI is InChI=1S/C10H8N2O2/c1-14-10(13)8-5-4-7-3-2-6-11-9(7)12-8/h2-6H,1H3. The normalized spacial score (nSPS) is 10.1. The molecule has 0 atom stereocenters. The molecule has 0 fully saturated rings. The van der Waals surface area contributed by atoms with Crippen LogP contribution in [0.1, 0.15) is 10.5 Å². The van der Waals surface area contributed by atoms with Crippen LogP contribution in [0.25, 0.3) is 11.0 Å². The zero-order chi connectivity index (χ0) is 9.97. The first-order valence-electron chi connectivity index (χ1n) is 4.11. The lowest BCUT2D eigenvalue weighted by molar-refractivity contribution is 0.0594. The predicted octanol–water partition coefficient (Wildman–Crippen LogP) is 1.42. The van der Waals surface area contributed by atoms with E-state index in [0.717, 1.165) is 5.39 Å². The SMILES string of the molecule is COC(=O)c1ccc2cccnc2n1. The summed E-state index contributed by atoms with van der Waals surface area (Å²) < 4.78 is 4.56. The van der Waals surface area contributed by atoms with Gasteiger partial charge in [0.25, 0.3) is 0 Å². The van der Waals surface area contributed by atoms with Gasteiger partial charge in [-0.25, -0.2) is 14.8 Å². The maximum absolute atomic E-state index is 11.1. The van der Waals surface area contributed by atoms with Gasteiger partial charge in [0.2, 0.25) is 0 Å². The van der Waals surface area contributed by atoms with Crippen molar-refractivity contribution in [1.29, 1.82) is 0 Å². The third-order valence-electron chi connectivity index (χ3n) is 1.86. The van der Waals surface area contributed by atoms with Gasteiger partial charge in [0, 0.05) is 11.6 Å². The number of nitrogens with zero attached hydrogens (tertiary/aromatic N) is 2. The Morgan fingerprint density at radius 1 is 1.36 bits per heavy atom. The van der Waals surface area contributed by atoms with Crippen molar-refractivity contribution in [3.8, 4) is 0 Å². The van der Waals surface area contributed by atoms with Crippen LogP contribution in [0.5, 0.6) is 0 Å². The van der Waals surface area contributed by atoms with Gasteiger partial charge in [0.05, 0.1) is 7.11 Å². The molecule has 2 rings (SSSR count). The average molecular weight is 188 g/mol. The molecule has 70 valence electrons. The van der Waals surface area contributed by atoms with Gasteiger partial charge in [-0.05, 0) is 24.3 Å². The molecule has 0 spiro atoms. The number of hydrogen-bond acceptors (Lipinski definition) is 4. The topological polar surface area (TPSA) is 52.1 Å². The average Bonchev–Trinajstić information content (AvgIpc) is 2.27. The number of esters is 1. The molecule has 0 aromatic carbocycles. The molecule has 0 amide bonds. The van der Waals surface area contributed by atoms with E-state index >= 15 is 0 Å². The number of fused-ring (bicyclic) bond motifs is 1. The van der Waals surface area contributed by atoms with Crippen LogP contribution in [0, 0.1) is 0 Å². The highest BCUT2D eigenvalue weighted by molar-refractivity contribution is 5.89. The van der Waals surface area contributed by atoms with Crippen LogP contribution in [0.2, 0.25) is 0 Å². The first-order chi connectivity index (χ1) is 6.81. The summed E-state index contributed by atoms with van der Waals surface area (Å²) in [5, 5.41) is 0.903. The van der Waals surface area contributed by atoms with Crippen molar-refractivity contribution in [2.24, 2.45) is 0 Å². The number of carbonyl (C=O) groups is 1. The highest BCUT2D eigenvalue weighted by atomic mass is 16.5. The third kappa shape index (κ3) is 1.42. The molecule has 4 heteroatoms. The molecule has 0 aliphatic carbocycles. The number of aromatic nitrogens is 2. The van der Waals surface area contributed by atoms with E-state index in [1.54, 1.807) is 18.3 Å². The molecule has 2 aromatic heterocycles. The van der Waals surface area contributed by atoms with Gasteiger partial charge in [-0.1, -0.05) is 0 Å². The molecule has 2 heterocycles. The highest BCUT2D eigenvalue weighted by Crippen LogP contribution is 2.09. The molecule has 2 aromatic rings. The molecule has 0 saturated heterocycles. The highest BCUT2D eigenvalue weighted by Gasteiger charge is 2.07. The van der Waals surface area contributed by atoms with E-state index in [-0.39, 0.29) is 5.69 Å². The van der Waals surface area contributed by atoms with Crippen LogP contribution in [0.15, 0.2) is 30.5 Å². The quantitative estimate of drug-likeness (QED) is 0.635. The van der Waals surface area contributed by atoms with Crippen LogP contribution in [-0.2, 0) is 4.74 Å². The van der Waals surface area contributed by atoms with Crippen molar-refractivity contribution in [1.82, 2.24) is 9.97 Å². The van der Waals surface area contributed by atoms with Crippen molar-refractivity contribution >= 4 is 17.0 Å². The minimum atomic E-state index is -0.447. The van der Waals surface area contributed by atoms with Crippen LogP contribution >= 0.6 is 0 Å². The Labute approximate surface area is 80.6 Å². The number of methoxy groups -OCH3 is 1. The second-order valence-corrected chi connectivity index (χ2v) is 2.74. The number of ether oxygens (including phenoxy) is 1. The van der Waals surface area contributed by atoms with E-state index in [0.29, 0.717) is 5.65 Å². The molecule has 0 bridgehead atoms. The Kier molecular flexibility index (Phi) is 2.10. The maximum atomic E-state index is 11.1. The van der Waals surface area contributed by atoms with Gasteiger partial charge in [0.15, 0.2) is 11.3 Å². The second-order valence-electron chi connectivity index (χ2n) is 2.74. The van der Waals surface area contributed by atoms with Gasteiger partial charge >= 0.3 is 5.97 Å². The molecule has 14 heavy (non-hydrogen) atoms. The molecule has 0 unspecified atom stereocenters. The molecule has 0 aliphatic heterocycles. The fourth-order valence-electron chi connectivity index (χ4n) is 1.17. The summed E-state index contributed by atoms with van der Waals surface area (Å²) in [6.07, 6.45) is 1.64. The molecule has 0 saturated carbocycles. The summed E-state index contributed by atoms with van der Waals surface area (Å²) in [6, 6.07) is 7.12. The smallest absolute Gasteiger partial charge is 0.356 e. The Hall–Kier alpha value is -1.97. The van der Waals surface area contributed by atoms with Gasteiger partial charge in [-0.3, -0.25) is 0 Å². The van der Waals surface area contributed by atoms with Gasteiger partial charge in [0.1, 0.15) is 0 Å². The fourth-order valence-corrected chi connectivity index (χ4v) is 1.17. The van der Waals surface area contributed by atoms with Crippen LogP contribution in [0.4, 0.5) is 0 Å². The molecular weight excluding hydrogens is 180 g/mol. The summed E-state index contributed by atoms with van der Waals surface area (Å²) >= 11 is 0. The first-order valence-corrected chi connectivity index (χ1v) is 4.11. The number of rotatable bonds is 1. The second kappa shape index (κ2) is 3.41. The van der Waals surface area contributed by atoms with Crippen LogP contribution < -0.4 is 0 Å². The molecule has 0 aliphatic rings. The lowest BCUT2D eigenvalue weighted by Gasteiger charge is -1.99. The maximum Gasteiger partial charge on any atom is 0.356 e. The van der Waals surface area contributed by atoms with Crippen molar-refractivity contribution in [3.63, 3.8) is 0 Å². The first kappa shape index (κ1) is 8.62. The number of hydrogen-bond donors (Lipinski definition) is 0. The Bertz CT molecular complexity index is 482. The summed E-state index contributed by atoms with van der Waals surface area (Å²) in [5.74, 6) is -0.447. The Morgan fingerprint density at radius 3 is 3.00 bits per heavy atom. The third-order valence-corrected chi connectivity index (χ3v) is 1.86. The van der Waals surface area contributed by atoms with Crippen molar-refractivity contribution in [2.45, 2.75) is 0 Å². The van der Waals surface area contributed by atoms with Crippen LogP contribution in [0.3, 0.4) is 0 Å². The number of pyridine rings is 2. The summed E-state index contributed by atoms with van der Waals surface area (Å²) in [4.78, 5) is 19.2. The van der Waals surface area contributed by atoms with Gasteiger partial charge < -0.3 is 4.74 Å². The van der Waals surface area contributed by atoms with Crippen molar-refractivity contribution in [3.05, 3.63) is 36.2 Å². The Balaban J connectivity index is 2.56. The lowest BCUT2D eigenvalue weighted by atomic mass is 10.2.